The van der Waals surface area contributed by atoms with Crippen molar-refractivity contribution in [2.45, 2.75) is 26.3 Å². The average molecular weight is 382 g/mol. The minimum absolute atomic E-state index is 0.0833. The molecule has 0 aromatic heterocycles. The quantitative estimate of drug-likeness (QED) is 0.475. The zero-order valence-corrected chi connectivity index (χ0v) is 15.8. The Balaban J connectivity index is 1.34. The molecule has 2 bridgehead atoms. The van der Waals surface area contributed by atoms with Gasteiger partial charge in [0.2, 0.25) is 11.8 Å². The molecule has 2 aliphatic carbocycles. The Kier molecular flexibility index (Phi) is 4.53. The highest BCUT2D eigenvalue weighted by atomic mass is 16.5. The fourth-order valence-corrected chi connectivity index (χ4v) is 4.50. The van der Waals surface area contributed by atoms with Crippen molar-refractivity contribution in [3.8, 4) is 0 Å². The molecule has 4 rings (SSSR count). The van der Waals surface area contributed by atoms with Crippen molar-refractivity contribution >= 4 is 29.4 Å². The second-order valence-electron chi connectivity index (χ2n) is 7.74. The van der Waals surface area contributed by atoms with Crippen LogP contribution < -0.4 is 5.32 Å². The summed E-state index contributed by atoms with van der Waals surface area (Å²) in [7, 11) is 0. The smallest absolute Gasteiger partial charge is 0.329 e. The number of hydrogen-bond acceptors (Lipinski definition) is 5. The van der Waals surface area contributed by atoms with Gasteiger partial charge in [0.25, 0.3) is 5.91 Å². The molecule has 1 aromatic rings. The first-order valence-corrected chi connectivity index (χ1v) is 9.45. The molecule has 7 heteroatoms. The number of imide groups is 1. The van der Waals surface area contributed by atoms with Gasteiger partial charge in [-0.2, -0.15) is 0 Å². The molecule has 1 heterocycles. The van der Waals surface area contributed by atoms with E-state index in [4.69, 9.17) is 4.74 Å². The molecule has 1 N–H and O–H groups in total. The number of nitrogens with zero attached hydrogens (tertiary/aromatic N) is 1. The van der Waals surface area contributed by atoms with E-state index in [0.29, 0.717) is 5.69 Å². The van der Waals surface area contributed by atoms with Crippen molar-refractivity contribution < 1.29 is 23.9 Å². The molecule has 0 unspecified atom stereocenters. The average Bonchev–Trinajstić information content (AvgIpc) is 3.35. The van der Waals surface area contributed by atoms with Crippen LogP contribution in [0.5, 0.6) is 0 Å². The van der Waals surface area contributed by atoms with Gasteiger partial charge in [-0.3, -0.25) is 19.3 Å². The summed E-state index contributed by atoms with van der Waals surface area (Å²) in [5.41, 5.74) is 1.66. The fraction of sp³-hybridized carbons (Fsp3) is 0.429. The largest absolute Gasteiger partial charge is 0.454 e. The van der Waals surface area contributed by atoms with Crippen LogP contribution in [0.25, 0.3) is 0 Å². The van der Waals surface area contributed by atoms with Crippen molar-refractivity contribution in [3.05, 3.63) is 42.0 Å². The molecule has 2 fully saturated rings. The second-order valence-corrected chi connectivity index (χ2v) is 7.74. The first kappa shape index (κ1) is 18.4. The molecule has 0 spiro atoms. The summed E-state index contributed by atoms with van der Waals surface area (Å²) in [5.74, 6) is -2.41. The summed E-state index contributed by atoms with van der Waals surface area (Å²) in [6, 6.07) is 6.17. The number of anilines is 1. The lowest BCUT2D eigenvalue weighted by Gasteiger charge is -2.23. The third-order valence-electron chi connectivity index (χ3n) is 5.91. The van der Waals surface area contributed by atoms with Crippen LogP contribution in [0.3, 0.4) is 0 Å². The van der Waals surface area contributed by atoms with Gasteiger partial charge in [-0.25, -0.2) is 4.79 Å². The number of allylic oxidation sites excluding steroid dienone is 2. The number of rotatable bonds is 5. The van der Waals surface area contributed by atoms with E-state index >= 15 is 0 Å². The van der Waals surface area contributed by atoms with Crippen LogP contribution in [-0.2, 0) is 23.9 Å². The predicted octanol–water partition coefficient (Wildman–Crippen LogP) is 1.67. The maximum absolute atomic E-state index is 12.7. The van der Waals surface area contributed by atoms with Gasteiger partial charge in [-0.05, 0) is 44.2 Å². The number of nitrogens with one attached hydrogen (secondary N) is 1. The van der Waals surface area contributed by atoms with Crippen molar-refractivity contribution in [2.24, 2.45) is 23.7 Å². The summed E-state index contributed by atoms with van der Waals surface area (Å²) in [5, 5.41) is 2.63. The summed E-state index contributed by atoms with van der Waals surface area (Å²) in [6.45, 7) is 2.92. The molecule has 1 saturated heterocycles. The van der Waals surface area contributed by atoms with Gasteiger partial charge < -0.3 is 10.1 Å². The first-order chi connectivity index (χ1) is 13.4. The van der Waals surface area contributed by atoms with Crippen molar-refractivity contribution in [1.82, 2.24) is 4.90 Å². The van der Waals surface area contributed by atoms with Gasteiger partial charge in [-0.1, -0.05) is 29.8 Å². The lowest BCUT2D eigenvalue weighted by atomic mass is 9.85. The number of likely N-dealkylation sites (tertiary alicyclic amines) is 1. The zero-order valence-electron chi connectivity index (χ0n) is 15.8. The molecule has 3 amide bonds. The number of carbonyl (C=O) groups excluding carboxylic acids is 4. The minimum atomic E-state index is -1.04. The Morgan fingerprint density at radius 2 is 1.68 bits per heavy atom. The molecule has 3 aliphatic rings. The van der Waals surface area contributed by atoms with E-state index in [9.17, 15) is 19.2 Å². The van der Waals surface area contributed by atoms with Crippen molar-refractivity contribution in [1.29, 1.82) is 0 Å². The van der Waals surface area contributed by atoms with Gasteiger partial charge in [0.1, 0.15) is 6.04 Å². The van der Waals surface area contributed by atoms with Crippen LogP contribution in [0, 0.1) is 30.6 Å². The number of aryl methyl sites for hydroxylation is 1. The van der Waals surface area contributed by atoms with Crippen molar-refractivity contribution in [2.75, 3.05) is 11.9 Å². The number of amides is 3. The maximum Gasteiger partial charge on any atom is 0.329 e. The molecule has 28 heavy (non-hydrogen) atoms. The molecule has 5 atom stereocenters. The van der Waals surface area contributed by atoms with E-state index in [1.807, 2.05) is 31.2 Å². The number of carbonyl (C=O) groups is 4. The summed E-state index contributed by atoms with van der Waals surface area (Å²) in [4.78, 5) is 50.8. The summed E-state index contributed by atoms with van der Waals surface area (Å²) >= 11 is 0. The van der Waals surface area contributed by atoms with Crippen molar-refractivity contribution in [3.63, 3.8) is 0 Å². The molecular weight excluding hydrogens is 360 g/mol. The number of benzene rings is 1. The number of hydrogen-bond donors (Lipinski definition) is 1. The summed E-state index contributed by atoms with van der Waals surface area (Å²) in [6.07, 6.45) is 4.83. The number of fused-ring (bicyclic) bond motifs is 5. The lowest BCUT2D eigenvalue weighted by molar-refractivity contribution is -0.159. The van der Waals surface area contributed by atoms with Gasteiger partial charge in [0, 0.05) is 5.69 Å². The van der Waals surface area contributed by atoms with E-state index in [2.05, 4.69) is 5.32 Å². The Hall–Kier alpha value is -2.96. The highest BCUT2D eigenvalue weighted by Crippen LogP contribution is 2.52. The molecule has 1 aliphatic heterocycles. The lowest BCUT2D eigenvalue weighted by Crippen LogP contribution is -2.45. The highest BCUT2D eigenvalue weighted by molar-refractivity contribution is 6.09. The van der Waals surface area contributed by atoms with Gasteiger partial charge in [0.05, 0.1) is 11.8 Å². The third-order valence-corrected chi connectivity index (χ3v) is 5.91. The zero-order chi connectivity index (χ0) is 20.0. The van der Waals surface area contributed by atoms with Crippen LogP contribution in [0.15, 0.2) is 36.4 Å². The predicted molar refractivity (Wildman–Crippen MR) is 99.8 cm³/mol. The Labute approximate surface area is 162 Å². The Morgan fingerprint density at radius 1 is 1.11 bits per heavy atom. The van der Waals surface area contributed by atoms with E-state index < -0.39 is 24.5 Å². The van der Waals surface area contributed by atoms with Gasteiger partial charge >= 0.3 is 5.97 Å². The second kappa shape index (κ2) is 6.89. The standard InChI is InChI=1S/C21H22N2O5/c1-11-3-7-15(8-4-11)22-16(24)10-28-21(27)12(2)23-19(25)17-13-5-6-14(9-13)18(17)20(23)26/h3-8,12-14,17-18H,9-10H2,1-2H3,(H,22,24)/t12-,13-,14-,17+,18+/m0/s1. The Bertz CT molecular complexity index is 845. The van der Waals surface area contributed by atoms with Crippen LogP contribution >= 0.6 is 0 Å². The molecule has 146 valence electrons. The van der Waals surface area contributed by atoms with Crippen LogP contribution in [0.1, 0.15) is 18.9 Å². The maximum atomic E-state index is 12.7. The van der Waals surface area contributed by atoms with Gasteiger partial charge in [0.15, 0.2) is 6.61 Å². The minimum Gasteiger partial charge on any atom is -0.454 e. The summed E-state index contributed by atoms with van der Waals surface area (Å²) < 4.78 is 5.05. The molecule has 1 aromatic carbocycles. The van der Waals surface area contributed by atoms with E-state index in [1.54, 1.807) is 12.1 Å². The van der Waals surface area contributed by atoms with E-state index in [1.165, 1.54) is 6.92 Å². The highest BCUT2D eigenvalue weighted by Gasteiger charge is 2.60. The molecule has 0 radical (unpaired) electrons. The van der Waals surface area contributed by atoms with Crippen LogP contribution in [0.2, 0.25) is 0 Å². The van der Waals surface area contributed by atoms with Crippen LogP contribution in [-0.4, -0.2) is 41.2 Å². The SMILES string of the molecule is Cc1ccc(NC(=O)COC(=O)[C@H](C)N2C(=O)[C@H]3[C@H](C2=O)[C@H]2C=C[C@H]3C2)cc1. The monoisotopic (exact) mass is 382 g/mol. The van der Waals surface area contributed by atoms with Crippen LogP contribution in [0.4, 0.5) is 5.69 Å². The normalized spacial score (nSPS) is 28.4. The van der Waals surface area contributed by atoms with E-state index in [0.717, 1.165) is 16.9 Å². The molecule has 1 saturated carbocycles. The van der Waals surface area contributed by atoms with Gasteiger partial charge in [-0.15, -0.1) is 0 Å². The fourth-order valence-electron chi connectivity index (χ4n) is 4.50. The first-order valence-electron chi connectivity index (χ1n) is 9.45. The number of esters is 1. The third kappa shape index (κ3) is 3.00. The Morgan fingerprint density at radius 3 is 2.25 bits per heavy atom. The van der Waals surface area contributed by atoms with E-state index in [-0.39, 0.29) is 35.5 Å². The molecule has 7 nitrogen and oxygen atoms in total. The topological polar surface area (TPSA) is 92.8 Å². The molecular formula is C21H22N2O5. The number of ether oxygens (including phenoxy) is 1.